The summed E-state index contributed by atoms with van der Waals surface area (Å²) in [6.45, 7) is 1.99. The Labute approximate surface area is 164 Å². The molecule has 0 atom stereocenters. The zero-order valence-electron chi connectivity index (χ0n) is 14.1. The molecule has 4 rings (SSSR count). The molecule has 0 saturated heterocycles. The molecule has 6 heteroatoms. The van der Waals surface area contributed by atoms with Gasteiger partial charge in [0.15, 0.2) is 0 Å². The van der Waals surface area contributed by atoms with Crippen LogP contribution in [0.2, 0.25) is 0 Å². The van der Waals surface area contributed by atoms with Gasteiger partial charge in [0, 0.05) is 16.3 Å². The van der Waals surface area contributed by atoms with Crippen LogP contribution in [0, 0.1) is 6.92 Å². The highest BCUT2D eigenvalue weighted by molar-refractivity contribution is 7.98. The molecule has 0 aliphatic carbocycles. The number of fused-ring (bicyclic) bond motifs is 1. The molecule has 2 aromatic carbocycles. The number of benzene rings is 2. The molecule has 26 heavy (non-hydrogen) atoms. The molecule has 0 saturated carbocycles. The molecule has 0 aliphatic rings. The smallest absolute Gasteiger partial charge is 0.256 e. The second-order valence-electron chi connectivity index (χ2n) is 5.79. The zero-order chi connectivity index (χ0) is 17.9. The van der Waals surface area contributed by atoms with Gasteiger partial charge in [-0.05, 0) is 59.6 Å². The number of hydrogen-bond donors (Lipinski definition) is 1. The molecule has 0 fully saturated rings. The second-order valence-corrected chi connectivity index (χ2v) is 8.82. The van der Waals surface area contributed by atoms with E-state index in [4.69, 9.17) is 0 Å². The van der Waals surface area contributed by atoms with Gasteiger partial charge in [-0.3, -0.25) is 4.79 Å². The summed E-state index contributed by atoms with van der Waals surface area (Å²) in [7, 11) is 0. The lowest BCUT2D eigenvalue weighted by Gasteiger charge is -2.10. The van der Waals surface area contributed by atoms with Gasteiger partial charge in [-0.2, -0.15) is 11.3 Å². The molecule has 0 unspecified atom stereocenters. The summed E-state index contributed by atoms with van der Waals surface area (Å²) in [5.74, 6) is 0.777. The largest absolute Gasteiger partial charge is 0.322 e. The molecule has 130 valence electrons. The van der Waals surface area contributed by atoms with Crippen LogP contribution in [-0.4, -0.2) is 10.9 Å². The Morgan fingerprint density at radius 3 is 2.92 bits per heavy atom. The predicted molar refractivity (Wildman–Crippen MR) is 113 cm³/mol. The molecular weight excluding hydrogens is 380 g/mol. The maximum Gasteiger partial charge on any atom is 0.256 e. The number of thiophene rings is 1. The molecule has 0 bridgehead atoms. The van der Waals surface area contributed by atoms with Crippen molar-refractivity contribution in [1.82, 2.24) is 4.98 Å². The first-order chi connectivity index (χ1) is 12.7. The van der Waals surface area contributed by atoms with Gasteiger partial charge >= 0.3 is 0 Å². The SMILES string of the molecule is Cc1nc2ccc(NC(=O)c3ccccc3SCc3ccsc3)cc2s1. The maximum absolute atomic E-state index is 12.8. The van der Waals surface area contributed by atoms with E-state index in [1.165, 1.54) is 5.56 Å². The Hall–Kier alpha value is -2.15. The van der Waals surface area contributed by atoms with E-state index < -0.39 is 0 Å². The lowest BCUT2D eigenvalue weighted by molar-refractivity contribution is 0.102. The highest BCUT2D eigenvalue weighted by atomic mass is 32.2. The number of aryl methyl sites for hydroxylation is 1. The normalized spacial score (nSPS) is 11.0. The number of carbonyl (C=O) groups excluding carboxylic acids is 1. The van der Waals surface area contributed by atoms with E-state index in [-0.39, 0.29) is 5.91 Å². The second kappa shape index (κ2) is 7.61. The number of hydrogen-bond acceptors (Lipinski definition) is 5. The summed E-state index contributed by atoms with van der Waals surface area (Å²) in [6, 6.07) is 15.7. The van der Waals surface area contributed by atoms with Crippen molar-refractivity contribution in [1.29, 1.82) is 0 Å². The highest BCUT2D eigenvalue weighted by Gasteiger charge is 2.12. The molecule has 0 radical (unpaired) electrons. The van der Waals surface area contributed by atoms with Gasteiger partial charge in [0.25, 0.3) is 5.91 Å². The average molecular weight is 397 g/mol. The number of thiazole rings is 1. The van der Waals surface area contributed by atoms with Crippen LogP contribution in [0.25, 0.3) is 10.2 Å². The molecule has 2 aromatic heterocycles. The van der Waals surface area contributed by atoms with Gasteiger partial charge in [0.05, 0.1) is 20.8 Å². The van der Waals surface area contributed by atoms with E-state index in [1.807, 2.05) is 49.4 Å². The third-order valence-corrected chi connectivity index (χ3v) is 6.67. The minimum absolute atomic E-state index is 0.0843. The van der Waals surface area contributed by atoms with Gasteiger partial charge in [-0.25, -0.2) is 4.98 Å². The van der Waals surface area contributed by atoms with Crippen molar-refractivity contribution >= 4 is 56.2 Å². The van der Waals surface area contributed by atoms with Crippen LogP contribution in [0.3, 0.4) is 0 Å². The van der Waals surface area contributed by atoms with E-state index in [0.717, 1.165) is 31.6 Å². The topological polar surface area (TPSA) is 42.0 Å². The first kappa shape index (κ1) is 17.3. The third-order valence-electron chi connectivity index (χ3n) is 3.86. The van der Waals surface area contributed by atoms with Crippen molar-refractivity contribution in [3.63, 3.8) is 0 Å². The molecule has 1 amide bonds. The average Bonchev–Trinajstić information content (AvgIpc) is 3.28. The minimum Gasteiger partial charge on any atom is -0.322 e. The molecule has 0 aliphatic heterocycles. The van der Waals surface area contributed by atoms with Crippen molar-refractivity contribution in [3.8, 4) is 0 Å². The lowest BCUT2D eigenvalue weighted by Crippen LogP contribution is -2.12. The standard InChI is InChI=1S/C20H16N2OS3/c1-13-21-17-7-6-15(10-19(17)26-13)22-20(23)16-4-2-3-5-18(16)25-12-14-8-9-24-11-14/h2-11H,12H2,1H3,(H,22,23). The molecule has 4 aromatic rings. The fraction of sp³-hybridized carbons (Fsp3) is 0.100. The Morgan fingerprint density at radius 2 is 2.08 bits per heavy atom. The number of aromatic nitrogens is 1. The van der Waals surface area contributed by atoms with Crippen LogP contribution < -0.4 is 5.32 Å². The van der Waals surface area contributed by atoms with E-state index in [1.54, 1.807) is 34.4 Å². The molecule has 3 nitrogen and oxygen atoms in total. The Morgan fingerprint density at radius 1 is 1.19 bits per heavy atom. The molecule has 1 N–H and O–H groups in total. The van der Waals surface area contributed by atoms with Crippen molar-refractivity contribution < 1.29 is 4.79 Å². The van der Waals surface area contributed by atoms with Crippen LogP contribution in [0.4, 0.5) is 5.69 Å². The molecule has 2 heterocycles. The monoisotopic (exact) mass is 396 g/mol. The highest BCUT2D eigenvalue weighted by Crippen LogP contribution is 2.29. The summed E-state index contributed by atoms with van der Waals surface area (Å²) >= 11 is 5.01. The molecular formula is C20H16N2OS3. The quantitative estimate of drug-likeness (QED) is 0.408. The van der Waals surface area contributed by atoms with Crippen LogP contribution >= 0.6 is 34.4 Å². The molecule has 0 spiro atoms. The fourth-order valence-electron chi connectivity index (χ4n) is 2.63. The first-order valence-corrected chi connectivity index (χ1v) is 10.8. The number of thioether (sulfide) groups is 1. The third kappa shape index (κ3) is 3.82. The summed E-state index contributed by atoms with van der Waals surface area (Å²) in [5, 5.41) is 8.26. The van der Waals surface area contributed by atoms with Crippen LogP contribution in [0.15, 0.2) is 64.2 Å². The first-order valence-electron chi connectivity index (χ1n) is 8.10. The van der Waals surface area contributed by atoms with Gasteiger partial charge < -0.3 is 5.32 Å². The van der Waals surface area contributed by atoms with Gasteiger partial charge in [-0.15, -0.1) is 23.1 Å². The zero-order valence-corrected chi connectivity index (χ0v) is 16.5. The maximum atomic E-state index is 12.8. The number of amides is 1. The van der Waals surface area contributed by atoms with Crippen molar-refractivity contribution in [2.45, 2.75) is 17.6 Å². The summed E-state index contributed by atoms with van der Waals surface area (Å²) in [6.07, 6.45) is 0. The predicted octanol–water partition coefficient (Wildman–Crippen LogP) is 6.21. The van der Waals surface area contributed by atoms with E-state index in [2.05, 4.69) is 27.1 Å². The lowest BCUT2D eigenvalue weighted by atomic mass is 10.2. The fourth-order valence-corrected chi connectivity index (χ4v) is 5.27. The Bertz CT molecular complexity index is 1050. The van der Waals surface area contributed by atoms with Gasteiger partial charge in [-0.1, -0.05) is 12.1 Å². The van der Waals surface area contributed by atoms with E-state index >= 15 is 0 Å². The van der Waals surface area contributed by atoms with Gasteiger partial charge in [0.2, 0.25) is 0 Å². The Kier molecular flexibility index (Phi) is 5.06. The number of anilines is 1. The van der Waals surface area contributed by atoms with E-state index in [0.29, 0.717) is 5.56 Å². The minimum atomic E-state index is -0.0843. The number of nitrogens with zero attached hydrogens (tertiary/aromatic N) is 1. The summed E-state index contributed by atoms with van der Waals surface area (Å²) < 4.78 is 1.08. The van der Waals surface area contributed by atoms with Gasteiger partial charge in [0.1, 0.15) is 0 Å². The summed E-state index contributed by atoms with van der Waals surface area (Å²) in [5.41, 5.74) is 3.75. The number of nitrogens with one attached hydrogen (secondary N) is 1. The van der Waals surface area contributed by atoms with Crippen molar-refractivity contribution in [2.24, 2.45) is 0 Å². The van der Waals surface area contributed by atoms with Crippen LogP contribution in [-0.2, 0) is 5.75 Å². The Balaban J connectivity index is 1.53. The summed E-state index contributed by atoms with van der Waals surface area (Å²) in [4.78, 5) is 18.3. The van der Waals surface area contributed by atoms with Crippen LogP contribution in [0.1, 0.15) is 20.9 Å². The van der Waals surface area contributed by atoms with Crippen LogP contribution in [0.5, 0.6) is 0 Å². The van der Waals surface area contributed by atoms with E-state index in [9.17, 15) is 4.79 Å². The van der Waals surface area contributed by atoms with Crippen molar-refractivity contribution in [2.75, 3.05) is 5.32 Å². The number of rotatable bonds is 5. The van der Waals surface area contributed by atoms with Crippen molar-refractivity contribution in [3.05, 3.63) is 75.4 Å². The number of carbonyl (C=O) groups is 1.